The Hall–Kier alpha value is -2.60. The van der Waals surface area contributed by atoms with E-state index in [0.717, 1.165) is 11.3 Å². The van der Waals surface area contributed by atoms with E-state index >= 15 is 0 Å². The summed E-state index contributed by atoms with van der Waals surface area (Å²) in [5.41, 5.74) is 1.79. The van der Waals surface area contributed by atoms with E-state index in [4.69, 9.17) is 9.15 Å². The van der Waals surface area contributed by atoms with Gasteiger partial charge in [0.05, 0.1) is 0 Å². The largest absolute Gasteiger partial charge is 0.481 e. The Morgan fingerprint density at radius 2 is 2.12 bits per heavy atom. The van der Waals surface area contributed by atoms with Crippen molar-refractivity contribution in [3.05, 3.63) is 53.1 Å². The van der Waals surface area contributed by atoms with Gasteiger partial charge in [-0.15, -0.1) is 11.3 Å². The molecule has 1 atom stereocenters. The lowest BCUT2D eigenvalue weighted by atomic mass is 10.2. The molecule has 0 saturated carbocycles. The minimum atomic E-state index is -0.620. The van der Waals surface area contributed by atoms with Gasteiger partial charge in [0.1, 0.15) is 17.2 Å². The number of carbonyl (C=O) groups excluding carboxylic acids is 1. The van der Waals surface area contributed by atoms with Gasteiger partial charge in [-0.05, 0) is 50.6 Å². The SMILES string of the molecule is Cc1cccc(O[C@H](C)C(=O)Nc2nc(-c3ccc(C)o3)cs2)c1. The molecule has 0 unspecified atom stereocenters. The van der Waals surface area contributed by atoms with Crippen molar-refractivity contribution in [3.8, 4) is 17.2 Å². The molecule has 1 N–H and O–H groups in total. The normalized spacial score (nSPS) is 12.0. The monoisotopic (exact) mass is 342 g/mol. The zero-order valence-electron chi connectivity index (χ0n) is 13.7. The molecule has 0 aliphatic carbocycles. The number of aryl methyl sites for hydroxylation is 2. The Morgan fingerprint density at radius 3 is 2.83 bits per heavy atom. The van der Waals surface area contributed by atoms with E-state index in [1.54, 1.807) is 6.92 Å². The van der Waals surface area contributed by atoms with E-state index in [-0.39, 0.29) is 5.91 Å². The number of furan rings is 1. The van der Waals surface area contributed by atoms with Crippen molar-refractivity contribution in [2.45, 2.75) is 26.9 Å². The highest BCUT2D eigenvalue weighted by Crippen LogP contribution is 2.26. The maximum atomic E-state index is 12.3. The Labute approximate surface area is 144 Å². The lowest BCUT2D eigenvalue weighted by Crippen LogP contribution is -2.30. The highest BCUT2D eigenvalue weighted by molar-refractivity contribution is 7.14. The van der Waals surface area contributed by atoms with Crippen LogP contribution >= 0.6 is 11.3 Å². The molecule has 0 spiro atoms. The van der Waals surface area contributed by atoms with E-state index < -0.39 is 6.10 Å². The second-order valence-corrected chi connectivity index (χ2v) is 6.37. The summed E-state index contributed by atoms with van der Waals surface area (Å²) in [5, 5.41) is 5.14. The molecule has 3 rings (SSSR count). The molecular weight excluding hydrogens is 324 g/mol. The Kier molecular flexibility index (Phi) is 4.66. The minimum absolute atomic E-state index is 0.243. The second kappa shape index (κ2) is 6.88. The number of benzene rings is 1. The summed E-state index contributed by atoms with van der Waals surface area (Å²) in [5.74, 6) is 1.94. The lowest BCUT2D eigenvalue weighted by molar-refractivity contribution is -0.122. The number of carbonyl (C=O) groups is 1. The number of hydrogen-bond acceptors (Lipinski definition) is 5. The fourth-order valence-electron chi connectivity index (χ4n) is 2.17. The summed E-state index contributed by atoms with van der Waals surface area (Å²) in [7, 11) is 0. The molecule has 2 aromatic heterocycles. The minimum Gasteiger partial charge on any atom is -0.481 e. The first-order valence-corrected chi connectivity index (χ1v) is 8.46. The van der Waals surface area contributed by atoms with Gasteiger partial charge in [0, 0.05) is 5.38 Å². The Bertz CT molecular complexity index is 853. The quantitative estimate of drug-likeness (QED) is 0.745. The van der Waals surface area contributed by atoms with Crippen molar-refractivity contribution in [2.75, 3.05) is 5.32 Å². The fourth-order valence-corrected chi connectivity index (χ4v) is 2.87. The molecule has 5 nitrogen and oxygen atoms in total. The number of amides is 1. The van der Waals surface area contributed by atoms with Crippen molar-refractivity contribution in [3.63, 3.8) is 0 Å². The molecule has 0 bridgehead atoms. The number of thiazole rings is 1. The number of nitrogens with zero attached hydrogens (tertiary/aromatic N) is 1. The third-order valence-electron chi connectivity index (χ3n) is 3.40. The molecule has 0 saturated heterocycles. The van der Waals surface area contributed by atoms with Crippen molar-refractivity contribution >= 4 is 22.4 Å². The fraction of sp³-hybridized carbons (Fsp3) is 0.222. The molecule has 2 heterocycles. The summed E-state index contributed by atoms with van der Waals surface area (Å²) < 4.78 is 11.2. The van der Waals surface area contributed by atoms with Crippen molar-refractivity contribution in [2.24, 2.45) is 0 Å². The van der Waals surface area contributed by atoms with Crippen LogP contribution < -0.4 is 10.1 Å². The summed E-state index contributed by atoms with van der Waals surface area (Å²) >= 11 is 1.35. The van der Waals surface area contributed by atoms with Crippen LogP contribution in [0, 0.1) is 13.8 Å². The van der Waals surface area contributed by atoms with Crippen LogP contribution in [0.2, 0.25) is 0 Å². The van der Waals surface area contributed by atoms with E-state index in [9.17, 15) is 4.79 Å². The van der Waals surface area contributed by atoms with Crippen molar-refractivity contribution in [1.82, 2.24) is 4.98 Å². The topological polar surface area (TPSA) is 64.4 Å². The Morgan fingerprint density at radius 1 is 1.29 bits per heavy atom. The van der Waals surface area contributed by atoms with Crippen LogP contribution in [-0.2, 0) is 4.79 Å². The van der Waals surface area contributed by atoms with Crippen LogP contribution in [0.15, 0.2) is 46.2 Å². The zero-order chi connectivity index (χ0) is 17.1. The number of nitrogens with one attached hydrogen (secondary N) is 1. The molecule has 24 heavy (non-hydrogen) atoms. The predicted molar refractivity (Wildman–Crippen MR) is 94.5 cm³/mol. The van der Waals surface area contributed by atoms with Gasteiger partial charge in [0.15, 0.2) is 17.0 Å². The van der Waals surface area contributed by atoms with E-state index in [0.29, 0.717) is 22.3 Å². The summed E-state index contributed by atoms with van der Waals surface area (Å²) in [6.45, 7) is 5.57. The standard InChI is InChI=1S/C18H18N2O3S/c1-11-5-4-6-14(9-11)23-13(3)17(21)20-18-19-15(10-24-18)16-8-7-12(2)22-16/h4-10,13H,1-3H3,(H,19,20,21)/t13-/m1/s1. The lowest BCUT2D eigenvalue weighted by Gasteiger charge is -2.14. The van der Waals surface area contributed by atoms with Gasteiger partial charge >= 0.3 is 0 Å². The van der Waals surface area contributed by atoms with Crippen molar-refractivity contribution < 1.29 is 13.9 Å². The van der Waals surface area contributed by atoms with Gasteiger partial charge in [0.25, 0.3) is 5.91 Å². The van der Waals surface area contributed by atoms with Gasteiger partial charge in [-0.1, -0.05) is 12.1 Å². The van der Waals surface area contributed by atoms with Gasteiger partial charge in [-0.2, -0.15) is 0 Å². The number of rotatable bonds is 5. The third kappa shape index (κ3) is 3.83. The van der Waals surface area contributed by atoms with E-state index in [1.165, 1.54) is 11.3 Å². The molecule has 3 aromatic rings. The van der Waals surface area contributed by atoms with Gasteiger partial charge in [0.2, 0.25) is 0 Å². The van der Waals surface area contributed by atoms with Crippen LogP contribution in [0.1, 0.15) is 18.2 Å². The van der Waals surface area contributed by atoms with Gasteiger partial charge < -0.3 is 9.15 Å². The van der Waals surface area contributed by atoms with Gasteiger partial charge in [-0.3, -0.25) is 10.1 Å². The molecule has 1 aromatic carbocycles. The first-order valence-electron chi connectivity index (χ1n) is 7.58. The number of hydrogen-bond donors (Lipinski definition) is 1. The number of anilines is 1. The van der Waals surface area contributed by atoms with Crippen molar-refractivity contribution in [1.29, 1.82) is 0 Å². The molecule has 6 heteroatoms. The maximum Gasteiger partial charge on any atom is 0.266 e. The van der Waals surface area contributed by atoms with Crippen LogP contribution in [0.5, 0.6) is 5.75 Å². The Balaban J connectivity index is 1.63. The maximum absolute atomic E-state index is 12.3. The average molecular weight is 342 g/mol. The first kappa shape index (κ1) is 16.3. The van der Waals surface area contributed by atoms with Gasteiger partial charge in [-0.25, -0.2) is 4.98 Å². The summed E-state index contributed by atoms with van der Waals surface area (Å²) in [6, 6.07) is 11.3. The van der Waals surface area contributed by atoms with Crippen LogP contribution in [-0.4, -0.2) is 17.0 Å². The predicted octanol–water partition coefficient (Wildman–Crippen LogP) is 4.43. The molecular formula is C18H18N2O3S. The molecule has 0 fully saturated rings. The smallest absolute Gasteiger partial charge is 0.266 e. The van der Waals surface area contributed by atoms with Crippen LogP contribution in [0.4, 0.5) is 5.13 Å². The van der Waals surface area contributed by atoms with E-state index in [1.807, 2.05) is 55.6 Å². The second-order valence-electron chi connectivity index (χ2n) is 5.51. The first-order chi connectivity index (χ1) is 11.5. The molecule has 0 radical (unpaired) electrons. The molecule has 0 aliphatic rings. The third-order valence-corrected chi connectivity index (χ3v) is 4.16. The summed E-state index contributed by atoms with van der Waals surface area (Å²) in [6.07, 6.45) is -0.620. The number of aromatic nitrogens is 1. The zero-order valence-corrected chi connectivity index (χ0v) is 14.5. The highest BCUT2D eigenvalue weighted by atomic mass is 32.1. The molecule has 1 amide bonds. The summed E-state index contributed by atoms with van der Waals surface area (Å²) in [4.78, 5) is 16.6. The average Bonchev–Trinajstić information content (AvgIpc) is 3.16. The van der Waals surface area contributed by atoms with Crippen LogP contribution in [0.3, 0.4) is 0 Å². The molecule has 124 valence electrons. The van der Waals surface area contributed by atoms with Crippen LogP contribution in [0.25, 0.3) is 11.5 Å². The number of ether oxygens (including phenoxy) is 1. The van der Waals surface area contributed by atoms with E-state index in [2.05, 4.69) is 10.3 Å². The highest BCUT2D eigenvalue weighted by Gasteiger charge is 2.17. The molecule has 0 aliphatic heterocycles.